The van der Waals surface area contributed by atoms with E-state index in [1.54, 1.807) is 0 Å². The van der Waals surface area contributed by atoms with Gasteiger partial charge in [-0.05, 0) is 6.42 Å². The van der Waals surface area contributed by atoms with Crippen molar-refractivity contribution in [2.45, 2.75) is 38.0 Å². The van der Waals surface area contributed by atoms with Crippen molar-refractivity contribution >= 4 is 0 Å². The quantitative estimate of drug-likeness (QED) is 0.532. The number of nitrogens with zero attached hydrogens (tertiary/aromatic N) is 1. The van der Waals surface area contributed by atoms with Crippen LogP contribution in [0.1, 0.15) is 19.8 Å². The molecule has 14 heavy (non-hydrogen) atoms. The molecule has 1 aliphatic heterocycles. The third-order valence-electron chi connectivity index (χ3n) is 3.40. The first-order valence-corrected chi connectivity index (χ1v) is 5.36. The maximum absolute atomic E-state index is 9.67. The molecule has 1 saturated heterocycles. The van der Waals surface area contributed by atoms with Gasteiger partial charge in [0.15, 0.2) is 0 Å². The van der Waals surface area contributed by atoms with E-state index in [2.05, 4.69) is 6.92 Å². The molecule has 4 heteroatoms. The Bertz CT molecular complexity index is 188. The summed E-state index contributed by atoms with van der Waals surface area (Å²) in [5.41, 5.74) is 0. The predicted octanol–water partition coefficient (Wildman–Crippen LogP) is -0.671. The summed E-state index contributed by atoms with van der Waals surface area (Å²) in [6.45, 7) is 3.52. The molecule has 0 aromatic heterocycles. The maximum Gasteiger partial charge on any atom is 0.141 e. The van der Waals surface area contributed by atoms with E-state index in [9.17, 15) is 15.3 Å². The fourth-order valence-corrected chi connectivity index (χ4v) is 2.38. The van der Waals surface area contributed by atoms with E-state index in [1.807, 2.05) is 7.05 Å². The van der Waals surface area contributed by atoms with Crippen molar-refractivity contribution < 1.29 is 19.8 Å². The fraction of sp³-hybridized carbons (Fsp3) is 1.00. The Kier molecular flexibility index (Phi) is 3.89. The number of unbranched alkanes of at least 4 members (excludes halogenated alkanes) is 1. The second-order valence-corrected chi connectivity index (χ2v) is 4.55. The minimum Gasteiger partial charge on any atom is -0.390 e. The molecule has 0 aromatic rings. The fourth-order valence-electron chi connectivity index (χ4n) is 2.38. The van der Waals surface area contributed by atoms with Gasteiger partial charge in [0.2, 0.25) is 0 Å². The lowest BCUT2D eigenvalue weighted by Gasteiger charge is -2.35. The zero-order chi connectivity index (χ0) is 10.8. The van der Waals surface area contributed by atoms with Crippen molar-refractivity contribution in [3.63, 3.8) is 0 Å². The van der Waals surface area contributed by atoms with Crippen LogP contribution in [0.5, 0.6) is 0 Å². The summed E-state index contributed by atoms with van der Waals surface area (Å²) >= 11 is 0. The molecule has 0 radical (unpaired) electrons. The average molecular weight is 204 g/mol. The zero-order valence-electron chi connectivity index (χ0n) is 9.06. The highest BCUT2D eigenvalue weighted by Gasteiger charge is 2.49. The summed E-state index contributed by atoms with van der Waals surface area (Å²) in [7, 11) is 2.00. The van der Waals surface area contributed by atoms with Crippen molar-refractivity contribution in [1.29, 1.82) is 0 Å². The van der Waals surface area contributed by atoms with Gasteiger partial charge in [-0.1, -0.05) is 13.3 Å². The van der Waals surface area contributed by atoms with E-state index in [1.165, 1.54) is 0 Å². The van der Waals surface area contributed by atoms with Crippen molar-refractivity contribution in [3.05, 3.63) is 0 Å². The van der Waals surface area contributed by atoms with Crippen LogP contribution in [0.15, 0.2) is 0 Å². The molecular weight excluding hydrogens is 182 g/mol. The van der Waals surface area contributed by atoms with Crippen molar-refractivity contribution in [3.8, 4) is 0 Å². The van der Waals surface area contributed by atoms with E-state index in [0.29, 0.717) is 11.0 Å². The van der Waals surface area contributed by atoms with E-state index in [0.717, 1.165) is 19.4 Å². The van der Waals surface area contributed by atoms with Crippen LogP contribution in [0.2, 0.25) is 0 Å². The molecule has 0 spiro atoms. The molecule has 1 aliphatic rings. The van der Waals surface area contributed by atoms with Crippen LogP contribution in [0.25, 0.3) is 0 Å². The number of aliphatic hydroxyl groups is 3. The second-order valence-electron chi connectivity index (χ2n) is 4.55. The van der Waals surface area contributed by atoms with Gasteiger partial charge in [0.1, 0.15) is 24.8 Å². The SMILES string of the molecule is CCCC[N+]1(C)C[C@H](O)[C@@H](O)[C@H]1CO. The van der Waals surface area contributed by atoms with Crippen LogP contribution < -0.4 is 0 Å². The third-order valence-corrected chi connectivity index (χ3v) is 3.40. The van der Waals surface area contributed by atoms with Crippen molar-refractivity contribution in [2.75, 3.05) is 26.7 Å². The Labute approximate surface area is 85.4 Å². The number of hydrogen-bond donors (Lipinski definition) is 3. The summed E-state index contributed by atoms with van der Waals surface area (Å²) < 4.78 is 0.590. The van der Waals surface area contributed by atoms with Gasteiger partial charge in [0, 0.05) is 0 Å². The molecule has 1 heterocycles. The first kappa shape index (κ1) is 11.9. The average Bonchev–Trinajstić information content (AvgIpc) is 2.35. The molecule has 1 unspecified atom stereocenters. The summed E-state index contributed by atoms with van der Waals surface area (Å²) in [6, 6.07) is -0.225. The molecule has 0 aliphatic carbocycles. The number of hydrogen-bond acceptors (Lipinski definition) is 3. The Hall–Kier alpha value is -0.160. The molecule has 1 fully saturated rings. The first-order chi connectivity index (χ1) is 6.55. The van der Waals surface area contributed by atoms with Crippen LogP contribution in [0.4, 0.5) is 0 Å². The summed E-state index contributed by atoms with van der Waals surface area (Å²) in [5.74, 6) is 0. The molecular formula is C10H22NO3+. The van der Waals surface area contributed by atoms with Crippen molar-refractivity contribution in [2.24, 2.45) is 0 Å². The lowest BCUT2D eigenvalue weighted by atomic mass is 10.1. The molecule has 3 N–H and O–H groups in total. The Morgan fingerprint density at radius 3 is 2.50 bits per heavy atom. The molecule has 0 aromatic carbocycles. The summed E-state index contributed by atoms with van der Waals surface area (Å²) in [6.07, 6.45) is 0.695. The number of likely N-dealkylation sites (N-methyl/N-ethyl adjacent to an activating group) is 1. The van der Waals surface area contributed by atoms with Gasteiger partial charge in [-0.25, -0.2) is 0 Å². The normalized spacial score (nSPS) is 43.1. The van der Waals surface area contributed by atoms with Crippen LogP contribution in [0, 0.1) is 0 Å². The van der Waals surface area contributed by atoms with Gasteiger partial charge in [-0.2, -0.15) is 0 Å². The molecule has 4 nitrogen and oxygen atoms in total. The van der Waals surface area contributed by atoms with Crippen LogP contribution in [0.3, 0.4) is 0 Å². The lowest BCUT2D eigenvalue weighted by Crippen LogP contribution is -2.53. The summed E-state index contributed by atoms with van der Waals surface area (Å²) in [5, 5.41) is 28.4. The number of likely N-dealkylation sites (tertiary alicyclic amines) is 1. The number of quaternary nitrogens is 1. The van der Waals surface area contributed by atoms with Crippen LogP contribution in [-0.2, 0) is 0 Å². The van der Waals surface area contributed by atoms with E-state index in [-0.39, 0.29) is 12.6 Å². The maximum atomic E-state index is 9.67. The largest absolute Gasteiger partial charge is 0.390 e. The van der Waals surface area contributed by atoms with Crippen molar-refractivity contribution in [1.82, 2.24) is 0 Å². The van der Waals surface area contributed by atoms with E-state index in [4.69, 9.17) is 0 Å². The van der Waals surface area contributed by atoms with E-state index < -0.39 is 12.2 Å². The lowest BCUT2D eigenvalue weighted by molar-refractivity contribution is -0.924. The predicted molar refractivity (Wildman–Crippen MR) is 53.7 cm³/mol. The van der Waals surface area contributed by atoms with Gasteiger partial charge < -0.3 is 19.8 Å². The topological polar surface area (TPSA) is 60.7 Å². The highest BCUT2D eigenvalue weighted by Crippen LogP contribution is 2.26. The van der Waals surface area contributed by atoms with Gasteiger partial charge in [-0.15, -0.1) is 0 Å². The molecule has 0 amide bonds. The molecule has 84 valence electrons. The Morgan fingerprint density at radius 2 is 2.00 bits per heavy atom. The summed E-state index contributed by atoms with van der Waals surface area (Å²) in [4.78, 5) is 0. The van der Waals surface area contributed by atoms with Gasteiger partial charge in [0.05, 0.1) is 20.2 Å². The highest BCUT2D eigenvalue weighted by atomic mass is 16.3. The third kappa shape index (κ3) is 2.08. The first-order valence-electron chi connectivity index (χ1n) is 5.36. The Morgan fingerprint density at radius 1 is 1.36 bits per heavy atom. The van der Waals surface area contributed by atoms with Gasteiger partial charge in [0.25, 0.3) is 0 Å². The molecule has 4 atom stereocenters. The molecule has 0 saturated carbocycles. The zero-order valence-corrected chi connectivity index (χ0v) is 9.06. The van der Waals surface area contributed by atoms with Crippen LogP contribution in [-0.4, -0.2) is 64.8 Å². The molecule has 0 bridgehead atoms. The van der Waals surface area contributed by atoms with E-state index >= 15 is 0 Å². The van der Waals surface area contributed by atoms with Gasteiger partial charge >= 0.3 is 0 Å². The smallest absolute Gasteiger partial charge is 0.141 e. The van der Waals surface area contributed by atoms with Crippen LogP contribution >= 0.6 is 0 Å². The number of rotatable bonds is 4. The Balaban J connectivity index is 2.66. The minimum absolute atomic E-state index is 0.0571. The monoisotopic (exact) mass is 204 g/mol. The number of aliphatic hydroxyl groups excluding tert-OH is 3. The highest BCUT2D eigenvalue weighted by molar-refractivity contribution is 4.83. The standard InChI is InChI=1S/C10H22NO3/c1-3-4-5-11(2)6-9(13)10(14)8(11)7-12/h8-10,12-14H,3-7H2,1-2H3/q+1/t8-,9+,10+,11?/m1/s1. The molecule has 1 rings (SSSR count). The second kappa shape index (κ2) is 4.57. The minimum atomic E-state index is -0.776. The van der Waals surface area contributed by atoms with Gasteiger partial charge in [-0.3, -0.25) is 0 Å².